The third-order valence-electron chi connectivity index (χ3n) is 3.75. The first-order valence-corrected chi connectivity index (χ1v) is 6.55. The van der Waals surface area contributed by atoms with E-state index < -0.39 is 0 Å². The van der Waals surface area contributed by atoms with Gasteiger partial charge >= 0.3 is 0 Å². The monoisotopic (exact) mass is 248 g/mol. The molecular formula is C14H17FN2O. The Bertz CT molecular complexity index is 552. The van der Waals surface area contributed by atoms with Gasteiger partial charge in [0, 0.05) is 12.1 Å². The molecule has 0 spiro atoms. The lowest BCUT2D eigenvalue weighted by atomic mass is 9.95. The van der Waals surface area contributed by atoms with Gasteiger partial charge in [-0.3, -0.25) is 0 Å². The van der Waals surface area contributed by atoms with Crippen LogP contribution in [0.5, 0.6) is 0 Å². The lowest BCUT2D eigenvalue weighted by Gasteiger charge is -2.17. The zero-order valence-electron chi connectivity index (χ0n) is 10.2. The van der Waals surface area contributed by atoms with Crippen LogP contribution in [0.1, 0.15) is 43.9 Å². The molecule has 1 aromatic carbocycles. The highest BCUT2D eigenvalue weighted by molar-refractivity contribution is 5.72. The molecule has 2 unspecified atom stereocenters. The SMILES string of the molecule is NC1CCCCCC1c1nc2cc(F)ccc2o1. The van der Waals surface area contributed by atoms with Crippen molar-refractivity contribution in [2.24, 2.45) is 5.73 Å². The van der Waals surface area contributed by atoms with E-state index in [2.05, 4.69) is 4.98 Å². The summed E-state index contributed by atoms with van der Waals surface area (Å²) in [7, 11) is 0. The van der Waals surface area contributed by atoms with Gasteiger partial charge in [-0.15, -0.1) is 0 Å². The van der Waals surface area contributed by atoms with Crippen LogP contribution in [-0.2, 0) is 0 Å². The van der Waals surface area contributed by atoms with Gasteiger partial charge in [0.1, 0.15) is 11.3 Å². The van der Waals surface area contributed by atoms with Crippen LogP contribution in [0.4, 0.5) is 4.39 Å². The van der Waals surface area contributed by atoms with Crippen LogP contribution in [0.25, 0.3) is 11.1 Å². The number of nitrogens with two attached hydrogens (primary N) is 1. The number of fused-ring (bicyclic) bond motifs is 1. The molecule has 0 radical (unpaired) electrons. The van der Waals surface area contributed by atoms with Crippen LogP contribution in [0, 0.1) is 5.82 Å². The molecule has 1 saturated carbocycles. The van der Waals surface area contributed by atoms with Crippen molar-refractivity contribution in [3.63, 3.8) is 0 Å². The van der Waals surface area contributed by atoms with Crippen LogP contribution in [-0.4, -0.2) is 11.0 Å². The van der Waals surface area contributed by atoms with Crippen LogP contribution in [0.3, 0.4) is 0 Å². The van der Waals surface area contributed by atoms with E-state index in [1.54, 1.807) is 6.07 Å². The van der Waals surface area contributed by atoms with Gasteiger partial charge in [0.05, 0.1) is 5.92 Å². The molecule has 2 N–H and O–H groups in total. The largest absolute Gasteiger partial charge is 0.440 e. The van der Waals surface area contributed by atoms with Crippen LogP contribution in [0.2, 0.25) is 0 Å². The smallest absolute Gasteiger partial charge is 0.200 e. The summed E-state index contributed by atoms with van der Waals surface area (Å²) in [5.74, 6) is 0.556. The maximum atomic E-state index is 13.1. The Kier molecular flexibility index (Phi) is 3.04. The third-order valence-corrected chi connectivity index (χ3v) is 3.75. The normalized spacial score (nSPS) is 25.2. The van der Waals surface area contributed by atoms with Gasteiger partial charge < -0.3 is 10.2 Å². The number of nitrogens with zero attached hydrogens (tertiary/aromatic N) is 1. The summed E-state index contributed by atoms with van der Waals surface area (Å²) in [5.41, 5.74) is 7.41. The molecule has 18 heavy (non-hydrogen) atoms. The van der Waals surface area contributed by atoms with Crippen LogP contribution < -0.4 is 5.73 Å². The van der Waals surface area contributed by atoms with Gasteiger partial charge in [0.25, 0.3) is 0 Å². The van der Waals surface area contributed by atoms with Crippen molar-refractivity contribution in [3.05, 3.63) is 29.9 Å². The van der Waals surface area contributed by atoms with Crippen molar-refractivity contribution in [1.82, 2.24) is 4.98 Å². The molecule has 3 nitrogen and oxygen atoms in total. The maximum absolute atomic E-state index is 13.1. The van der Waals surface area contributed by atoms with E-state index in [1.165, 1.54) is 25.0 Å². The minimum Gasteiger partial charge on any atom is -0.440 e. The summed E-state index contributed by atoms with van der Waals surface area (Å²) in [6.45, 7) is 0. The molecule has 2 atom stereocenters. The fraction of sp³-hybridized carbons (Fsp3) is 0.500. The van der Waals surface area contributed by atoms with E-state index in [0.29, 0.717) is 17.0 Å². The molecule has 1 aliphatic rings. The second-order valence-electron chi connectivity index (χ2n) is 5.07. The first kappa shape index (κ1) is 11.7. The maximum Gasteiger partial charge on any atom is 0.200 e. The highest BCUT2D eigenvalue weighted by Crippen LogP contribution is 2.32. The van der Waals surface area contributed by atoms with Crippen molar-refractivity contribution in [2.75, 3.05) is 0 Å². The number of hydrogen-bond donors (Lipinski definition) is 1. The molecule has 1 heterocycles. The van der Waals surface area contributed by atoms with Crippen LogP contribution in [0.15, 0.2) is 22.6 Å². The molecule has 0 aliphatic heterocycles. The predicted octanol–water partition coefficient (Wildman–Crippen LogP) is 3.34. The first-order chi connectivity index (χ1) is 8.74. The lowest BCUT2D eigenvalue weighted by molar-refractivity contribution is 0.402. The average molecular weight is 248 g/mol. The van der Waals surface area contributed by atoms with Gasteiger partial charge in [0.2, 0.25) is 0 Å². The first-order valence-electron chi connectivity index (χ1n) is 6.55. The number of hydrogen-bond acceptors (Lipinski definition) is 3. The molecule has 1 aliphatic carbocycles. The van der Waals surface area contributed by atoms with E-state index in [9.17, 15) is 4.39 Å². The second-order valence-corrected chi connectivity index (χ2v) is 5.07. The number of aromatic nitrogens is 1. The van der Waals surface area contributed by atoms with Crippen molar-refractivity contribution >= 4 is 11.1 Å². The van der Waals surface area contributed by atoms with Crippen molar-refractivity contribution < 1.29 is 8.81 Å². The quantitative estimate of drug-likeness (QED) is 0.787. The molecule has 1 aromatic heterocycles. The fourth-order valence-electron chi connectivity index (χ4n) is 2.72. The highest BCUT2D eigenvalue weighted by Gasteiger charge is 2.26. The Morgan fingerprint density at radius 1 is 1.22 bits per heavy atom. The van der Waals surface area contributed by atoms with Gasteiger partial charge in [-0.05, 0) is 25.0 Å². The summed E-state index contributed by atoms with van der Waals surface area (Å²) < 4.78 is 18.9. The van der Waals surface area contributed by atoms with Gasteiger partial charge in [-0.2, -0.15) is 0 Å². The van der Waals surface area contributed by atoms with E-state index in [-0.39, 0.29) is 17.8 Å². The molecule has 1 fully saturated rings. The molecule has 3 rings (SSSR count). The third kappa shape index (κ3) is 2.12. The summed E-state index contributed by atoms with van der Waals surface area (Å²) in [6.07, 6.45) is 5.57. The second kappa shape index (κ2) is 4.69. The lowest BCUT2D eigenvalue weighted by Crippen LogP contribution is -2.27. The Labute approximate surface area is 105 Å². The summed E-state index contributed by atoms with van der Waals surface area (Å²) >= 11 is 0. The molecule has 0 amide bonds. The fourth-order valence-corrected chi connectivity index (χ4v) is 2.72. The molecule has 4 heteroatoms. The zero-order chi connectivity index (χ0) is 12.5. The van der Waals surface area contributed by atoms with Gasteiger partial charge in [0.15, 0.2) is 11.5 Å². The zero-order valence-corrected chi connectivity index (χ0v) is 10.2. The molecule has 2 aromatic rings. The predicted molar refractivity (Wildman–Crippen MR) is 67.8 cm³/mol. The summed E-state index contributed by atoms with van der Waals surface area (Å²) in [6, 6.07) is 4.53. The molecule has 0 bridgehead atoms. The average Bonchev–Trinajstić information content (AvgIpc) is 2.63. The van der Waals surface area contributed by atoms with E-state index in [4.69, 9.17) is 10.2 Å². The van der Waals surface area contributed by atoms with Gasteiger partial charge in [-0.25, -0.2) is 9.37 Å². The van der Waals surface area contributed by atoms with Crippen molar-refractivity contribution in [2.45, 2.75) is 44.1 Å². The molecule has 96 valence electrons. The van der Waals surface area contributed by atoms with E-state index >= 15 is 0 Å². The molecular weight excluding hydrogens is 231 g/mol. The number of oxazole rings is 1. The van der Waals surface area contributed by atoms with Gasteiger partial charge in [-0.1, -0.05) is 19.3 Å². The summed E-state index contributed by atoms with van der Waals surface area (Å²) in [4.78, 5) is 4.40. The van der Waals surface area contributed by atoms with Crippen LogP contribution >= 0.6 is 0 Å². The Morgan fingerprint density at radius 3 is 2.94 bits per heavy atom. The van der Waals surface area contributed by atoms with Crippen molar-refractivity contribution in [1.29, 1.82) is 0 Å². The number of rotatable bonds is 1. The Hall–Kier alpha value is -1.42. The number of benzene rings is 1. The standard InChI is InChI=1S/C14H17FN2O/c15-9-6-7-13-12(8-9)17-14(18-13)10-4-2-1-3-5-11(10)16/h6-8,10-11H,1-5,16H2. The number of halogens is 1. The minimum absolute atomic E-state index is 0.102. The summed E-state index contributed by atoms with van der Waals surface area (Å²) in [5, 5.41) is 0. The van der Waals surface area contributed by atoms with E-state index in [0.717, 1.165) is 19.3 Å². The van der Waals surface area contributed by atoms with Crippen molar-refractivity contribution in [3.8, 4) is 0 Å². The molecule has 0 saturated heterocycles. The highest BCUT2D eigenvalue weighted by atomic mass is 19.1. The van der Waals surface area contributed by atoms with E-state index in [1.807, 2.05) is 0 Å². The Balaban J connectivity index is 1.97. The minimum atomic E-state index is -0.285. The Morgan fingerprint density at radius 2 is 2.06 bits per heavy atom. The topological polar surface area (TPSA) is 52.0 Å².